The van der Waals surface area contributed by atoms with E-state index in [-0.39, 0.29) is 11.5 Å². The fraction of sp³-hybridized carbons (Fsp3) is 0.833. The Kier molecular flexibility index (Phi) is 4.14. The second-order valence-corrected chi connectivity index (χ2v) is 5.14. The molecule has 1 aliphatic rings. The van der Waals surface area contributed by atoms with Crippen molar-refractivity contribution in [3.05, 3.63) is 11.6 Å². The van der Waals surface area contributed by atoms with Crippen LogP contribution >= 0.6 is 0 Å². The van der Waals surface area contributed by atoms with Crippen LogP contribution < -0.4 is 0 Å². The van der Waals surface area contributed by atoms with Crippen molar-refractivity contribution in [3.8, 4) is 0 Å². The molecular weight excluding hydrogens is 176 g/mol. The van der Waals surface area contributed by atoms with Gasteiger partial charge in [0.2, 0.25) is 0 Å². The molecule has 1 atom stereocenters. The summed E-state index contributed by atoms with van der Waals surface area (Å²) >= 11 is 0. The van der Waals surface area contributed by atoms with E-state index in [4.69, 9.17) is 5.26 Å². The third kappa shape index (κ3) is 3.10. The molecule has 0 saturated carbocycles. The van der Waals surface area contributed by atoms with Gasteiger partial charge in [0, 0.05) is 0 Å². The maximum atomic E-state index is 8.90. The summed E-state index contributed by atoms with van der Waals surface area (Å²) in [6, 6.07) is 0. The van der Waals surface area contributed by atoms with Gasteiger partial charge in [-0.3, -0.25) is 5.26 Å². The predicted molar refractivity (Wildman–Crippen MR) is 58.1 cm³/mol. The molecule has 82 valence electrons. The molecule has 0 aliphatic heterocycles. The minimum atomic E-state index is -0.0877. The molecule has 1 aliphatic carbocycles. The summed E-state index contributed by atoms with van der Waals surface area (Å²) in [6.07, 6.45) is 7.88. The van der Waals surface area contributed by atoms with Crippen molar-refractivity contribution >= 4 is 0 Å². The van der Waals surface area contributed by atoms with Gasteiger partial charge in [-0.1, -0.05) is 39.7 Å². The Balaban J connectivity index is 2.81. The number of allylic oxidation sites excluding steroid dienone is 1. The van der Waals surface area contributed by atoms with Crippen LogP contribution in [0.1, 0.15) is 52.9 Å². The van der Waals surface area contributed by atoms with Gasteiger partial charge in [0.25, 0.3) is 0 Å². The molecule has 1 N–H and O–H groups in total. The Morgan fingerprint density at radius 2 is 2.00 bits per heavy atom. The van der Waals surface area contributed by atoms with Crippen molar-refractivity contribution in [2.75, 3.05) is 0 Å². The molecule has 0 amide bonds. The maximum absolute atomic E-state index is 8.90. The maximum Gasteiger partial charge on any atom is 0.114 e. The molecule has 2 heteroatoms. The molecule has 0 spiro atoms. The Labute approximate surface area is 86.9 Å². The molecule has 0 radical (unpaired) electrons. The van der Waals surface area contributed by atoms with E-state index in [1.165, 1.54) is 18.4 Å². The predicted octanol–water partition coefficient (Wildman–Crippen LogP) is 3.78. The zero-order chi connectivity index (χ0) is 10.6. The molecule has 0 fully saturated rings. The molecule has 2 nitrogen and oxygen atoms in total. The first-order valence-electron chi connectivity index (χ1n) is 5.56. The summed E-state index contributed by atoms with van der Waals surface area (Å²) in [5.41, 5.74) is 1.35. The van der Waals surface area contributed by atoms with Gasteiger partial charge in [-0.2, -0.15) is 0 Å². The molecule has 0 bridgehead atoms. The first-order valence-corrected chi connectivity index (χ1v) is 5.56. The third-order valence-corrected chi connectivity index (χ3v) is 2.87. The smallest absolute Gasteiger partial charge is 0.114 e. The van der Waals surface area contributed by atoms with E-state index in [0.29, 0.717) is 0 Å². The highest BCUT2D eigenvalue weighted by atomic mass is 17.1. The quantitative estimate of drug-likeness (QED) is 0.394. The molecule has 0 aromatic carbocycles. The lowest BCUT2D eigenvalue weighted by Crippen LogP contribution is -2.25. The third-order valence-electron chi connectivity index (χ3n) is 2.87. The van der Waals surface area contributed by atoms with Crippen LogP contribution in [0.2, 0.25) is 0 Å². The van der Waals surface area contributed by atoms with E-state index in [2.05, 4.69) is 31.7 Å². The highest BCUT2D eigenvalue weighted by Gasteiger charge is 2.26. The fourth-order valence-corrected chi connectivity index (χ4v) is 2.09. The number of hydrogen-bond acceptors (Lipinski definition) is 2. The average Bonchev–Trinajstić information content (AvgIpc) is 2.01. The summed E-state index contributed by atoms with van der Waals surface area (Å²) in [7, 11) is 0. The van der Waals surface area contributed by atoms with Gasteiger partial charge in [0.1, 0.15) is 6.10 Å². The van der Waals surface area contributed by atoms with Crippen molar-refractivity contribution < 1.29 is 10.1 Å². The Morgan fingerprint density at radius 3 is 2.57 bits per heavy atom. The largest absolute Gasteiger partial charge is 0.251 e. The average molecular weight is 198 g/mol. The van der Waals surface area contributed by atoms with E-state index >= 15 is 0 Å². The van der Waals surface area contributed by atoms with Crippen LogP contribution in [0.5, 0.6) is 0 Å². The van der Waals surface area contributed by atoms with Crippen molar-refractivity contribution in [1.82, 2.24) is 0 Å². The van der Waals surface area contributed by atoms with Crippen molar-refractivity contribution in [2.24, 2.45) is 5.41 Å². The van der Waals surface area contributed by atoms with Gasteiger partial charge in [0.05, 0.1) is 0 Å². The zero-order valence-electron chi connectivity index (χ0n) is 9.55. The van der Waals surface area contributed by atoms with Crippen LogP contribution in [-0.2, 0) is 4.89 Å². The SMILES string of the molecule is CC(C)(C)/C1=C/CCCCCC1OO. The molecule has 14 heavy (non-hydrogen) atoms. The van der Waals surface area contributed by atoms with Gasteiger partial charge >= 0.3 is 0 Å². The molecule has 1 unspecified atom stereocenters. The highest BCUT2D eigenvalue weighted by Crippen LogP contribution is 2.33. The molecule has 0 saturated heterocycles. The summed E-state index contributed by atoms with van der Waals surface area (Å²) in [5, 5.41) is 8.90. The van der Waals surface area contributed by atoms with Crippen LogP contribution in [0, 0.1) is 5.41 Å². The monoisotopic (exact) mass is 198 g/mol. The standard InChI is InChI=1S/C12H22O2/c1-12(2,3)10-8-6-4-5-7-9-11(10)14-13/h8,11,13H,4-7,9H2,1-3H3/b10-8+. The van der Waals surface area contributed by atoms with Crippen LogP contribution in [-0.4, -0.2) is 11.4 Å². The Morgan fingerprint density at radius 1 is 1.29 bits per heavy atom. The Hall–Kier alpha value is -0.340. The van der Waals surface area contributed by atoms with E-state index in [9.17, 15) is 0 Å². The topological polar surface area (TPSA) is 29.5 Å². The molecule has 0 heterocycles. The molecular formula is C12H22O2. The normalized spacial score (nSPS) is 28.9. The minimum Gasteiger partial charge on any atom is -0.251 e. The first kappa shape index (κ1) is 11.7. The van der Waals surface area contributed by atoms with E-state index in [0.717, 1.165) is 19.3 Å². The zero-order valence-corrected chi connectivity index (χ0v) is 9.55. The van der Waals surface area contributed by atoms with Crippen molar-refractivity contribution in [3.63, 3.8) is 0 Å². The van der Waals surface area contributed by atoms with Crippen LogP contribution in [0.25, 0.3) is 0 Å². The first-order chi connectivity index (χ1) is 6.55. The van der Waals surface area contributed by atoms with Crippen LogP contribution in [0.4, 0.5) is 0 Å². The molecule has 0 aromatic rings. The van der Waals surface area contributed by atoms with Gasteiger partial charge < -0.3 is 0 Å². The van der Waals surface area contributed by atoms with Gasteiger partial charge in [-0.05, 0) is 30.3 Å². The number of hydrogen-bond donors (Lipinski definition) is 1. The molecule has 1 rings (SSSR count). The van der Waals surface area contributed by atoms with Crippen molar-refractivity contribution in [2.45, 2.75) is 59.0 Å². The summed E-state index contributed by atoms with van der Waals surface area (Å²) in [4.78, 5) is 4.60. The lowest BCUT2D eigenvalue weighted by molar-refractivity contribution is -0.272. The van der Waals surface area contributed by atoms with Crippen LogP contribution in [0.3, 0.4) is 0 Å². The van der Waals surface area contributed by atoms with E-state index in [1.54, 1.807) is 0 Å². The van der Waals surface area contributed by atoms with Crippen molar-refractivity contribution in [1.29, 1.82) is 0 Å². The van der Waals surface area contributed by atoms with Gasteiger partial charge in [-0.25, -0.2) is 4.89 Å². The lowest BCUT2D eigenvalue weighted by atomic mass is 9.80. The van der Waals surface area contributed by atoms with E-state index in [1.807, 2.05) is 0 Å². The summed E-state index contributed by atoms with van der Waals surface area (Å²) < 4.78 is 0. The van der Waals surface area contributed by atoms with Gasteiger partial charge in [0.15, 0.2) is 0 Å². The van der Waals surface area contributed by atoms with Gasteiger partial charge in [-0.15, -0.1) is 0 Å². The highest BCUT2D eigenvalue weighted by molar-refractivity contribution is 5.16. The summed E-state index contributed by atoms with van der Waals surface area (Å²) in [6.45, 7) is 6.52. The number of rotatable bonds is 1. The summed E-state index contributed by atoms with van der Waals surface area (Å²) in [5.74, 6) is 0. The second kappa shape index (κ2) is 4.94. The van der Waals surface area contributed by atoms with Crippen LogP contribution in [0.15, 0.2) is 11.6 Å². The fourth-order valence-electron chi connectivity index (χ4n) is 2.09. The second-order valence-electron chi connectivity index (χ2n) is 5.14. The Bertz CT molecular complexity index is 201. The molecule has 0 aromatic heterocycles. The minimum absolute atomic E-state index is 0.0877. The van der Waals surface area contributed by atoms with E-state index < -0.39 is 0 Å². The lowest BCUT2D eigenvalue weighted by Gasteiger charge is -2.30.